The fourth-order valence-corrected chi connectivity index (χ4v) is 0.857. The molecule has 0 heterocycles. The van der Waals surface area contributed by atoms with Crippen molar-refractivity contribution in [2.75, 3.05) is 0 Å². The average molecular weight is 165 g/mol. The second-order valence-corrected chi connectivity index (χ2v) is 2.96. The lowest BCUT2D eigenvalue weighted by molar-refractivity contribution is 1.08. The summed E-state index contributed by atoms with van der Waals surface area (Å²) in [6.07, 6.45) is 4.88. The number of hydrogen-bond acceptors (Lipinski definition) is 1. The monoisotopic (exact) mass is 165 g/mol. The maximum absolute atomic E-state index is 4.29. The second-order valence-electron chi connectivity index (χ2n) is 2.96. The molecule has 0 amide bonds. The number of rotatable bonds is 3. The van der Waals surface area contributed by atoms with Crippen LogP contribution in [-0.4, -0.2) is 5.71 Å². The van der Waals surface area contributed by atoms with Crippen LogP contribution in [0.3, 0.4) is 0 Å². The lowest BCUT2D eigenvalue weighted by Gasteiger charge is -2.03. The van der Waals surface area contributed by atoms with E-state index >= 15 is 0 Å². The molecule has 0 spiro atoms. The Hall–Kier alpha value is -0.850. The van der Waals surface area contributed by atoms with Crippen molar-refractivity contribution in [2.24, 2.45) is 4.99 Å². The molecule has 0 radical (unpaired) electrons. The van der Waals surface area contributed by atoms with Crippen LogP contribution in [0.4, 0.5) is 0 Å². The summed E-state index contributed by atoms with van der Waals surface area (Å²) in [6, 6.07) is 0. The Bertz CT molecular complexity index is 219. The summed E-state index contributed by atoms with van der Waals surface area (Å²) < 4.78 is 0. The van der Waals surface area contributed by atoms with E-state index in [9.17, 15) is 0 Å². The summed E-state index contributed by atoms with van der Waals surface area (Å²) in [5, 5.41) is 0. The molecule has 0 atom stereocenters. The predicted octanol–water partition coefficient (Wildman–Crippen LogP) is 3.73. The minimum absolute atomic E-state index is 1.11. The lowest BCUT2D eigenvalue weighted by atomic mass is 10.1. The van der Waals surface area contributed by atoms with Crippen molar-refractivity contribution < 1.29 is 0 Å². The topological polar surface area (TPSA) is 12.4 Å². The maximum atomic E-state index is 4.29. The highest BCUT2D eigenvalue weighted by Crippen LogP contribution is 2.08. The summed E-state index contributed by atoms with van der Waals surface area (Å²) in [6.45, 7) is 10.5. The van der Waals surface area contributed by atoms with Gasteiger partial charge in [0.25, 0.3) is 0 Å². The average Bonchev–Trinajstić information content (AvgIpc) is 2.11. The van der Waals surface area contributed by atoms with Gasteiger partial charge in [-0.3, -0.25) is 4.99 Å². The van der Waals surface area contributed by atoms with Gasteiger partial charge in [-0.15, -0.1) is 0 Å². The molecule has 1 heteroatoms. The van der Waals surface area contributed by atoms with E-state index in [1.54, 1.807) is 0 Å². The zero-order valence-corrected chi connectivity index (χ0v) is 8.81. The Kier molecular flexibility index (Phi) is 5.35. The second kappa shape index (κ2) is 5.76. The molecule has 0 bridgehead atoms. The van der Waals surface area contributed by atoms with E-state index in [-0.39, 0.29) is 0 Å². The van der Waals surface area contributed by atoms with Gasteiger partial charge in [0, 0.05) is 11.9 Å². The van der Waals surface area contributed by atoms with Gasteiger partial charge in [0.1, 0.15) is 0 Å². The van der Waals surface area contributed by atoms with Crippen molar-refractivity contribution in [3.63, 3.8) is 0 Å². The molecule has 0 aliphatic carbocycles. The van der Waals surface area contributed by atoms with Crippen molar-refractivity contribution in [1.29, 1.82) is 0 Å². The van der Waals surface area contributed by atoms with Gasteiger partial charge in [0.2, 0.25) is 0 Å². The molecule has 0 aliphatic heterocycles. The van der Waals surface area contributed by atoms with E-state index < -0.39 is 0 Å². The summed E-state index contributed by atoms with van der Waals surface area (Å²) in [4.78, 5) is 4.29. The van der Waals surface area contributed by atoms with Crippen LogP contribution in [0.2, 0.25) is 0 Å². The first-order chi connectivity index (χ1) is 5.63. The van der Waals surface area contributed by atoms with E-state index in [2.05, 4.69) is 32.7 Å². The zero-order chi connectivity index (χ0) is 9.56. The highest BCUT2D eigenvalue weighted by atomic mass is 14.7. The molecule has 0 saturated heterocycles. The normalized spacial score (nSPS) is 15.2. The highest BCUT2D eigenvalue weighted by Gasteiger charge is 1.96. The molecular weight excluding hydrogens is 146 g/mol. The van der Waals surface area contributed by atoms with Gasteiger partial charge in [-0.25, -0.2) is 0 Å². The third-order valence-electron chi connectivity index (χ3n) is 2.13. The molecule has 68 valence electrons. The predicted molar refractivity (Wildman–Crippen MR) is 56.6 cm³/mol. The summed E-state index contributed by atoms with van der Waals surface area (Å²) in [5.74, 6) is 0. The maximum Gasteiger partial charge on any atom is 0.0401 e. The summed E-state index contributed by atoms with van der Waals surface area (Å²) in [7, 11) is 0. The quantitative estimate of drug-likeness (QED) is 0.565. The first-order valence-electron chi connectivity index (χ1n) is 4.45. The minimum atomic E-state index is 1.11. The van der Waals surface area contributed by atoms with Gasteiger partial charge in [-0.05, 0) is 39.7 Å². The summed E-state index contributed by atoms with van der Waals surface area (Å²) in [5.41, 5.74) is 3.85. The van der Waals surface area contributed by atoms with Crippen molar-refractivity contribution in [1.82, 2.24) is 0 Å². The Balaban J connectivity index is 4.58. The molecule has 12 heavy (non-hydrogen) atoms. The number of allylic oxidation sites excluding steroid dienone is 3. The van der Waals surface area contributed by atoms with E-state index in [0.29, 0.717) is 0 Å². The standard InChI is InChI=1S/C11H19N/c1-6-8-12-11(5)10(4)9(3)7-2/h6,8H,7H2,1-5H3/b8-6-,10-9+,12-11+. The zero-order valence-electron chi connectivity index (χ0n) is 8.81. The smallest absolute Gasteiger partial charge is 0.0401 e. The Morgan fingerprint density at radius 2 is 1.83 bits per heavy atom. The van der Waals surface area contributed by atoms with E-state index in [1.807, 2.05) is 19.2 Å². The van der Waals surface area contributed by atoms with Crippen molar-refractivity contribution in [2.45, 2.75) is 41.0 Å². The molecular formula is C11H19N. The van der Waals surface area contributed by atoms with Crippen LogP contribution in [-0.2, 0) is 0 Å². The van der Waals surface area contributed by atoms with Crippen LogP contribution in [0.25, 0.3) is 0 Å². The van der Waals surface area contributed by atoms with Crippen LogP contribution in [0.15, 0.2) is 28.4 Å². The third-order valence-corrected chi connectivity index (χ3v) is 2.13. The van der Waals surface area contributed by atoms with Gasteiger partial charge < -0.3 is 0 Å². The van der Waals surface area contributed by atoms with Crippen molar-refractivity contribution >= 4 is 5.71 Å². The van der Waals surface area contributed by atoms with Gasteiger partial charge in [-0.1, -0.05) is 18.6 Å². The molecule has 1 nitrogen and oxygen atoms in total. The van der Waals surface area contributed by atoms with Gasteiger partial charge in [0.05, 0.1) is 0 Å². The lowest BCUT2D eigenvalue weighted by Crippen LogP contribution is -1.95. The molecule has 0 aromatic carbocycles. The Morgan fingerprint density at radius 1 is 1.25 bits per heavy atom. The van der Waals surface area contributed by atoms with E-state index in [4.69, 9.17) is 0 Å². The van der Waals surface area contributed by atoms with E-state index in [0.717, 1.165) is 12.1 Å². The summed E-state index contributed by atoms with van der Waals surface area (Å²) >= 11 is 0. The Morgan fingerprint density at radius 3 is 2.25 bits per heavy atom. The molecule has 0 aromatic rings. The molecule has 0 fully saturated rings. The van der Waals surface area contributed by atoms with Gasteiger partial charge >= 0.3 is 0 Å². The van der Waals surface area contributed by atoms with Crippen molar-refractivity contribution in [3.05, 3.63) is 23.4 Å². The van der Waals surface area contributed by atoms with Crippen LogP contribution >= 0.6 is 0 Å². The van der Waals surface area contributed by atoms with Crippen LogP contribution in [0.5, 0.6) is 0 Å². The molecule has 0 N–H and O–H groups in total. The number of aliphatic imine (C=N–C) groups is 1. The fraction of sp³-hybridized carbons (Fsp3) is 0.545. The minimum Gasteiger partial charge on any atom is -0.262 e. The molecule has 0 rings (SSSR count). The van der Waals surface area contributed by atoms with E-state index in [1.165, 1.54) is 11.1 Å². The van der Waals surface area contributed by atoms with Gasteiger partial charge in [-0.2, -0.15) is 0 Å². The first kappa shape index (κ1) is 11.2. The largest absolute Gasteiger partial charge is 0.262 e. The van der Waals surface area contributed by atoms with Gasteiger partial charge in [0.15, 0.2) is 0 Å². The SMILES string of the molecule is C\C=C/N=C(C)/C(C)=C(\C)CC. The third kappa shape index (κ3) is 3.51. The Labute approximate surface area is 75.9 Å². The molecule has 0 unspecified atom stereocenters. The molecule has 0 aromatic heterocycles. The van der Waals surface area contributed by atoms with Crippen LogP contribution in [0, 0.1) is 0 Å². The highest BCUT2D eigenvalue weighted by molar-refractivity contribution is 5.98. The van der Waals surface area contributed by atoms with Crippen molar-refractivity contribution in [3.8, 4) is 0 Å². The first-order valence-corrected chi connectivity index (χ1v) is 4.45. The number of hydrogen-bond donors (Lipinski definition) is 0. The molecule has 0 saturated carbocycles. The van der Waals surface area contributed by atoms with Crippen LogP contribution < -0.4 is 0 Å². The van der Waals surface area contributed by atoms with Crippen LogP contribution in [0.1, 0.15) is 41.0 Å². The molecule has 0 aliphatic rings. The number of nitrogens with zero attached hydrogens (tertiary/aromatic N) is 1. The fourth-order valence-electron chi connectivity index (χ4n) is 0.857.